The van der Waals surface area contributed by atoms with E-state index in [4.69, 9.17) is 18.5 Å². The molecule has 0 aliphatic carbocycles. The van der Waals surface area contributed by atoms with Gasteiger partial charge in [0.25, 0.3) is 7.82 Å². The number of phosphoric ester groups is 1. The summed E-state index contributed by atoms with van der Waals surface area (Å²) in [4.78, 5) is 24.8. The van der Waals surface area contributed by atoms with Gasteiger partial charge in [-0.1, -0.05) is 120 Å². The molecule has 8 nitrogen and oxygen atoms in total. The van der Waals surface area contributed by atoms with Gasteiger partial charge in [-0.15, -0.1) is 0 Å². The Morgan fingerprint density at radius 1 is 0.623 bits per heavy atom. The van der Waals surface area contributed by atoms with Crippen LogP contribution in [0.3, 0.4) is 0 Å². The number of unbranched alkanes of at least 4 members (excludes halogenated alkanes) is 13. The van der Waals surface area contributed by atoms with Gasteiger partial charge in [0.1, 0.15) is 19.8 Å². The number of hydrogen-bond donors (Lipinski definition) is 0. The van der Waals surface area contributed by atoms with Gasteiger partial charge in [-0.3, -0.25) is 9.36 Å². The van der Waals surface area contributed by atoms with Gasteiger partial charge in [0.15, 0.2) is 6.10 Å². The minimum Gasteiger partial charge on any atom is -0.756 e. The van der Waals surface area contributed by atoms with Gasteiger partial charge in [-0.25, -0.2) is 0 Å². The lowest BCUT2D eigenvalue weighted by Crippen LogP contribution is -2.37. The van der Waals surface area contributed by atoms with Crippen LogP contribution in [0.5, 0.6) is 0 Å². The van der Waals surface area contributed by atoms with E-state index in [0.29, 0.717) is 23.9 Å². The summed E-state index contributed by atoms with van der Waals surface area (Å²) < 4.78 is 34.2. The zero-order valence-electron chi connectivity index (χ0n) is 34.4. The molecule has 0 radical (unpaired) electrons. The second-order valence-corrected chi connectivity index (χ2v) is 16.1. The van der Waals surface area contributed by atoms with Crippen LogP contribution in [0.25, 0.3) is 0 Å². The van der Waals surface area contributed by atoms with E-state index < -0.39 is 13.9 Å². The average Bonchev–Trinajstić information content (AvgIpc) is 3.11. The summed E-state index contributed by atoms with van der Waals surface area (Å²) in [7, 11) is 1.32. The lowest BCUT2D eigenvalue weighted by molar-refractivity contribution is -0.870. The highest BCUT2D eigenvalue weighted by Crippen LogP contribution is 2.38. The summed E-state index contributed by atoms with van der Waals surface area (Å²) in [5.74, 6) is -0.338. The molecule has 0 aliphatic heterocycles. The number of carbonyl (C=O) groups is 1. The first-order chi connectivity index (χ1) is 25.6. The summed E-state index contributed by atoms with van der Waals surface area (Å²) >= 11 is 0. The summed E-state index contributed by atoms with van der Waals surface area (Å²) in [5, 5.41) is 0. The van der Waals surface area contributed by atoms with Crippen molar-refractivity contribution in [1.29, 1.82) is 0 Å². The number of ether oxygens (including phenoxy) is 2. The van der Waals surface area contributed by atoms with E-state index in [1.807, 2.05) is 27.2 Å². The second kappa shape index (κ2) is 36.7. The van der Waals surface area contributed by atoms with Crippen LogP contribution in [0, 0.1) is 0 Å². The van der Waals surface area contributed by atoms with Crippen molar-refractivity contribution in [2.45, 2.75) is 155 Å². The van der Waals surface area contributed by atoms with E-state index in [1.54, 1.807) is 6.26 Å². The highest BCUT2D eigenvalue weighted by molar-refractivity contribution is 7.45. The Labute approximate surface area is 325 Å². The van der Waals surface area contributed by atoms with Crippen LogP contribution < -0.4 is 4.89 Å². The Morgan fingerprint density at radius 3 is 1.68 bits per heavy atom. The van der Waals surface area contributed by atoms with E-state index in [1.165, 1.54) is 57.8 Å². The minimum absolute atomic E-state index is 0.0150. The molecule has 9 heteroatoms. The van der Waals surface area contributed by atoms with Crippen molar-refractivity contribution in [1.82, 2.24) is 0 Å². The Hall–Kier alpha value is -2.22. The molecule has 0 fully saturated rings. The van der Waals surface area contributed by atoms with E-state index in [-0.39, 0.29) is 25.8 Å². The second-order valence-electron chi connectivity index (χ2n) is 14.7. The van der Waals surface area contributed by atoms with E-state index in [0.717, 1.165) is 64.2 Å². The highest BCUT2D eigenvalue weighted by Gasteiger charge is 2.19. The first-order valence-electron chi connectivity index (χ1n) is 20.7. The van der Waals surface area contributed by atoms with Crippen molar-refractivity contribution >= 4 is 13.8 Å². The number of likely N-dealkylation sites (N-methyl/N-ethyl adjacent to an activating group) is 1. The van der Waals surface area contributed by atoms with Crippen LogP contribution in [0.1, 0.15) is 149 Å². The summed E-state index contributed by atoms with van der Waals surface area (Å²) in [6.45, 7) is 4.51. The molecule has 0 aromatic carbocycles. The molecule has 0 saturated carbocycles. The summed E-state index contributed by atoms with van der Waals surface area (Å²) in [6, 6.07) is 0. The van der Waals surface area contributed by atoms with Gasteiger partial charge < -0.3 is 27.9 Å². The van der Waals surface area contributed by atoms with Crippen LogP contribution in [-0.2, 0) is 27.9 Å². The quantitative estimate of drug-likeness (QED) is 0.0155. The zero-order chi connectivity index (χ0) is 39.1. The highest BCUT2D eigenvalue weighted by atomic mass is 31.2. The SMILES string of the molecule is CC/C=C\C/C=C\C/C=C\C/C=C\CCCCC(=O)OCC(COP(=O)([O-])OCC[N+](C)(C)C)O/C=C\CCCCCC/C=C\CCCCCCCC. The molecule has 2 unspecified atom stereocenters. The maximum Gasteiger partial charge on any atom is 0.305 e. The fraction of sp³-hybridized carbons (Fsp3) is 0.705. The molecule has 0 amide bonds. The van der Waals surface area contributed by atoms with Crippen LogP contribution in [0.4, 0.5) is 0 Å². The van der Waals surface area contributed by atoms with Crippen LogP contribution in [-0.4, -0.2) is 64.1 Å². The smallest absolute Gasteiger partial charge is 0.305 e. The molecule has 2 atom stereocenters. The number of carbonyl (C=O) groups excluding carboxylic acids is 1. The normalized spacial score (nSPS) is 14.5. The predicted octanol–water partition coefficient (Wildman–Crippen LogP) is 11.6. The first-order valence-corrected chi connectivity index (χ1v) is 22.2. The fourth-order valence-corrected chi connectivity index (χ4v) is 5.77. The Morgan fingerprint density at radius 2 is 1.11 bits per heavy atom. The first kappa shape index (κ1) is 50.8. The van der Waals surface area contributed by atoms with Gasteiger partial charge >= 0.3 is 5.97 Å². The van der Waals surface area contributed by atoms with Crippen molar-refractivity contribution in [3.05, 3.63) is 73.1 Å². The number of rotatable bonds is 37. The zero-order valence-corrected chi connectivity index (χ0v) is 35.3. The summed E-state index contributed by atoms with van der Waals surface area (Å²) in [5.41, 5.74) is 0. The lowest BCUT2D eigenvalue weighted by atomic mass is 10.1. The van der Waals surface area contributed by atoms with Crippen LogP contribution in [0.15, 0.2) is 73.1 Å². The maximum absolute atomic E-state index is 12.4. The number of allylic oxidation sites excluding steroid dienone is 11. The van der Waals surface area contributed by atoms with E-state index in [2.05, 4.69) is 74.6 Å². The topological polar surface area (TPSA) is 94.1 Å². The molecule has 0 rings (SSSR count). The molecule has 0 aromatic rings. The van der Waals surface area contributed by atoms with Crippen molar-refractivity contribution in [3.63, 3.8) is 0 Å². The molecule has 0 spiro atoms. The van der Waals surface area contributed by atoms with E-state index >= 15 is 0 Å². The monoisotopic (exact) mass is 764 g/mol. The Balaban J connectivity index is 4.43. The number of quaternary nitrogens is 1. The van der Waals surface area contributed by atoms with Gasteiger partial charge in [0.05, 0.1) is 34.0 Å². The Bertz CT molecular complexity index is 1070. The molecule has 0 N–H and O–H groups in total. The largest absolute Gasteiger partial charge is 0.756 e. The van der Waals surface area contributed by atoms with Gasteiger partial charge in [0.2, 0.25) is 0 Å². The molecule has 0 heterocycles. The molecule has 0 bridgehead atoms. The predicted molar refractivity (Wildman–Crippen MR) is 221 cm³/mol. The maximum atomic E-state index is 12.4. The standard InChI is InChI=1S/C44H78NO7P/c1-6-8-10-12-14-16-18-20-22-24-26-28-30-32-34-36-39-49-43(42-52-53(47,48)51-40-38-45(3,4)5)41-50-44(46)37-35-33-31-29-27-25-23-21-19-17-15-13-11-9-7-2/h9,11,15,17,20-23,27,29,36,39,43H,6-8,10,12-14,16,18-19,24-26,28,30-35,37-38,40-42H2,1-5H3/b11-9-,17-15-,22-20-,23-21-,29-27-,39-36-. The third kappa shape index (κ3) is 40.8. The molecule has 53 heavy (non-hydrogen) atoms. The number of nitrogens with zero attached hydrogens (tertiary/aromatic N) is 1. The number of hydrogen-bond acceptors (Lipinski definition) is 7. The molecular weight excluding hydrogens is 685 g/mol. The van der Waals surface area contributed by atoms with Crippen molar-refractivity contribution < 1.29 is 37.3 Å². The van der Waals surface area contributed by atoms with Crippen LogP contribution >= 0.6 is 7.82 Å². The molecule has 0 aliphatic rings. The Kier molecular flexibility index (Phi) is 35.2. The molecular formula is C44H78NO7P. The van der Waals surface area contributed by atoms with Gasteiger partial charge in [-0.2, -0.15) is 0 Å². The third-order valence-electron chi connectivity index (χ3n) is 8.33. The molecule has 0 saturated heterocycles. The average molecular weight is 764 g/mol. The van der Waals surface area contributed by atoms with Crippen LogP contribution in [0.2, 0.25) is 0 Å². The third-order valence-corrected chi connectivity index (χ3v) is 9.29. The van der Waals surface area contributed by atoms with Crippen molar-refractivity contribution in [2.75, 3.05) is 47.5 Å². The molecule has 0 aromatic heterocycles. The summed E-state index contributed by atoms with van der Waals surface area (Å²) in [6.07, 6.45) is 47.3. The van der Waals surface area contributed by atoms with E-state index in [9.17, 15) is 14.3 Å². The van der Waals surface area contributed by atoms with Crippen molar-refractivity contribution in [3.8, 4) is 0 Å². The fourth-order valence-electron chi connectivity index (χ4n) is 5.04. The van der Waals surface area contributed by atoms with Crippen molar-refractivity contribution in [2.24, 2.45) is 0 Å². The van der Waals surface area contributed by atoms with Gasteiger partial charge in [-0.05, 0) is 89.5 Å². The number of phosphoric acid groups is 1. The number of esters is 1. The lowest BCUT2D eigenvalue weighted by Gasteiger charge is -2.28. The molecule has 306 valence electrons. The van der Waals surface area contributed by atoms with Gasteiger partial charge in [0, 0.05) is 6.42 Å². The minimum atomic E-state index is -4.53.